The molecule has 0 amide bonds. The Morgan fingerprint density at radius 3 is 2.69 bits per heavy atom. The lowest BCUT2D eigenvalue weighted by atomic mass is 9.82. The van der Waals surface area contributed by atoms with E-state index in [1.165, 1.54) is 18.9 Å². The predicted molar refractivity (Wildman–Crippen MR) is 120 cm³/mol. The van der Waals surface area contributed by atoms with Crippen molar-refractivity contribution in [2.45, 2.75) is 39.2 Å². The van der Waals surface area contributed by atoms with Gasteiger partial charge in [-0.1, -0.05) is 6.07 Å². The third-order valence-electron chi connectivity index (χ3n) is 7.37. The first-order valence-corrected chi connectivity index (χ1v) is 11.6. The molecule has 1 unspecified atom stereocenters. The normalized spacial score (nSPS) is 24.6. The molecule has 3 aliphatic rings. The maximum absolute atomic E-state index is 13.8. The molecule has 2 aromatic heterocycles. The molecule has 32 heavy (non-hydrogen) atoms. The number of rotatable bonds is 4. The van der Waals surface area contributed by atoms with Crippen LogP contribution in [0.1, 0.15) is 30.8 Å². The van der Waals surface area contributed by atoms with Crippen LogP contribution in [0.5, 0.6) is 0 Å². The molecule has 0 N–H and O–H groups in total. The fourth-order valence-electron chi connectivity index (χ4n) is 5.86. The van der Waals surface area contributed by atoms with E-state index >= 15 is 0 Å². The molecule has 2 bridgehead atoms. The SMILES string of the molecule is Cc1cc(N2C[C@H]3CC[C@@H](C2)C3Cc2nc3n(n2)CCCN3c2cccc(F)c2)ncn1. The third-order valence-corrected chi connectivity index (χ3v) is 7.37. The van der Waals surface area contributed by atoms with E-state index in [1.54, 1.807) is 18.5 Å². The van der Waals surface area contributed by atoms with E-state index in [1.807, 2.05) is 17.7 Å². The zero-order chi connectivity index (χ0) is 21.7. The third kappa shape index (κ3) is 3.51. The fraction of sp³-hybridized carbons (Fsp3) is 0.500. The lowest BCUT2D eigenvalue weighted by molar-refractivity contribution is 0.264. The van der Waals surface area contributed by atoms with Gasteiger partial charge in [0.25, 0.3) is 0 Å². The topological polar surface area (TPSA) is 63.0 Å². The average molecular weight is 434 g/mol. The largest absolute Gasteiger partial charge is 0.356 e. The number of aryl methyl sites for hydroxylation is 2. The van der Waals surface area contributed by atoms with Gasteiger partial charge < -0.3 is 9.80 Å². The van der Waals surface area contributed by atoms with Crippen molar-refractivity contribution in [2.75, 3.05) is 29.4 Å². The number of fused-ring (bicyclic) bond motifs is 3. The molecule has 1 aliphatic carbocycles. The summed E-state index contributed by atoms with van der Waals surface area (Å²) in [4.78, 5) is 18.2. The van der Waals surface area contributed by atoms with E-state index in [-0.39, 0.29) is 5.82 Å². The minimum atomic E-state index is -0.221. The molecule has 8 heteroatoms. The number of nitrogens with zero attached hydrogens (tertiary/aromatic N) is 7. The van der Waals surface area contributed by atoms with Crippen molar-refractivity contribution >= 4 is 17.5 Å². The summed E-state index contributed by atoms with van der Waals surface area (Å²) in [6, 6.07) is 8.85. The summed E-state index contributed by atoms with van der Waals surface area (Å²) < 4.78 is 15.8. The van der Waals surface area contributed by atoms with Gasteiger partial charge in [-0.3, -0.25) is 0 Å². The van der Waals surface area contributed by atoms with E-state index in [4.69, 9.17) is 10.1 Å². The van der Waals surface area contributed by atoms with Crippen molar-refractivity contribution in [2.24, 2.45) is 17.8 Å². The van der Waals surface area contributed by atoms with Gasteiger partial charge in [0.2, 0.25) is 5.95 Å². The van der Waals surface area contributed by atoms with Crippen LogP contribution in [0.15, 0.2) is 36.7 Å². The Kier molecular flexibility index (Phi) is 4.81. The molecule has 1 saturated heterocycles. The minimum absolute atomic E-state index is 0.221. The number of piperidine rings is 1. The summed E-state index contributed by atoms with van der Waals surface area (Å²) in [6.07, 6.45) is 6.09. The summed E-state index contributed by atoms with van der Waals surface area (Å²) in [5.41, 5.74) is 1.86. The average Bonchev–Trinajstić information content (AvgIpc) is 3.29. The summed E-state index contributed by atoms with van der Waals surface area (Å²) in [5.74, 6) is 4.50. The van der Waals surface area contributed by atoms with Crippen LogP contribution in [-0.2, 0) is 13.0 Å². The van der Waals surface area contributed by atoms with Crippen molar-refractivity contribution in [3.63, 3.8) is 0 Å². The molecule has 2 fully saturated rings. The summed E-state index contributed by atoms with van der Waals surface area (Å²) in [6.45, 7) is 5.81. The van der Waals surface area contributed by atoms with Crippen LogP contribution >= 0.6 is 0 Å². The first-order valence-electron chi connectivity index (χ1n) is 11.6. The second kappa shape index (κ2) is 7.83. The van der Waals surface area contributed by atoms with Crippen LogP contribution in [0.2, 0.25) is 0 Å². The van der Waals surface area contributed by atoms with Crippen LogP contribution in [0, 0.1) is 30.5 Å². The Labute approximate surface area is 187 Å². The number of benzene rings is 1. The van der Waals surface area contributed by atoms with Crippen LogP contribution in [0.25, 0.3) is 0 Å². The van der Waals surface area contributed by atoms with Crippen LogP contribution < -0.4 is 9.80 Å². The standard InChI is InChI=1S/C24H28FN7/c1-16-10-23(27-15-26-16)30-13-17-6-7-18(14-30)21(17)12-22-28-24-31(8-3-9-32(24)29-22)20-5-2-4-19(25)11-20/h2,4-5,10-11,15,17-18,21H,3,6-9,12-14H2,1H3/t17-,18+,21?. The van der Waals surface area contributed by atoms with Crippen LogP contribution in [0.4, 0.5) is 21.8 Å². The number of aromatic nitrogens is 5. The van der Waals surface area contributed by atoms with Gasteiger partial charge in [0, 0.05) is 50.0 Å². The van der Waals surface area contributed by atoms with Gasteiger partial charge >= 0.3 is 0 Å². The molecular formula is C24H28FN7. The van der Waals surface area contributed by atoms with E-state index < -0.39 is 0 Å². The van der Waals surface area contributed by atoms with Gasteiger partial charge in [-0.15, -0.1) is 0 Å². The Morgan fingerprint density at radius 1 is 1.06 bits per heavy atom. The molecule has 3 aromatic rings. The second-order valence-electron chi connectivity index (χ2n) is 9.42. The van der Waals surface area contributed by atoms with Gasteiger partial charge in [-0.05, 0) is 62.1 Å². The first-order chi connectivity index (χ1) is 15.6. The predicted octanol–water partition coefficient (Wildman–Crippen LogP) is 3.76. The maximum Gasteiger partial charge on any atom is 0.228 e. The fourth-order valence-corrected chi connectivity index (χ4v) is 5.86. The molecule has 0 radical (unpaired) electrons. The quantitative estimate of drug-likeness (QED) is 0.624. The first kappa shape index (κ1) is 19.6. The highest BCUT2D eigenvalue weighted by atomic mass is 19.1. The summed E-state index contributed by atoms with van der Waals surface area (Å²) in [5, 5.41) is 4.86. The van der Waals surface area contributed by atoms with Crippen LogP contribution in [-0.4, -0.2) is 44.4 Å². The number of anilines is 3. The number of hydrogen-bond donors (Lipinski definition) is 0. The maximum atomic E-state index is 13.8. The van der Waals surface area contributed by atoms with Gasteiger partial charge in [-0.25, -0.2) is 19.0 Å². The van der Waals surface area contributed by atoms with Gasteiger partial charge in [0.15, 0.2) is 5.82 Å². The molecule has 1 aromatic carbocycles. The highest BCUT2D eigenvalue weighted by molar-refractivity contribution is 5.58. The zero-order valence-electron chi connectivity index (χ0n) is 18.4. The molecule has 2 aliphatic heterocycles. The van der Waals surface area contributed by atoms with Crippen molar-refractivity contribution in [3.8, 4) is 0 Å². The van der Waals surface area contributed by atoms with E-state index in [0.29, 0.717) is 17.8 Å². The molecular weight excluding hydrogens is 405 g/mol. The molecule has 1 saturated carbocycles. The van der Waals surface area contributed by atoms with Crippen molar-refractivity contribution in [1.29, 1.82) is 0 Å². The lowest BCUT2D eigenvalue weighted by Gasteiger charge is -2.38. The van der Waals surface area contributed by atoms with E-state index in [0.717, 1.165) is 68.0 Å². The summed E-state index contributed by atoms with van der Waals surface area (Å²) >= 11 is 0. The number of halogens is 1. The smallest absolute Gasteiger partial charge is 0.228 e. The van der Waals surface area contributed by atoms with Gasteiger partial charge in [0.05, 0.1) is 0 Å². The molecule has 0 spiro atoms. The summed E-state index contributed by atoms with van der Waals surface area (Å²) in [7, 11) is 0. The van der Waals surface area contributed by atoms with Crippen LogP contribution in [0.3, 0.4) is 0 Å². The van der Waals surface area contributed by atoms with Crippen molar-refractivity contribution in [3.05, 3.63) is 54.0 Å². The molecule has 166 valence electrons. The minimum Gasteiger partial charge on any atom is -0.356 e. The Morgan fingerprint density at radius 2 is 1.91 bits per heavy atom. The Hall–Kier alpha value is -3.03. The molecule has 6 rings (SSSR count). The second-order valence-corrected chi connectivity index (χ2v) is 9.42. The van der Waals surface area contributed by atoms with Crippen molar-refractivity contribution in [1.82, 2.24) is 24.7 Å². The zero-order valence-corrected chi connectivity index (χ0v) is 18.4. The van der Waals surface area contributed by atoms with E-state index in [9.17, 15) is 4.39 Å². The monoisotopic (exact) mass is 433 g/mol. The van der Waals surface area contributed by atoms with Crippen molar-refractivity contribution < 1.29 is 4.39 Å². The highest BCUT2D eigenvalue weighted by Gasteiger charge is 2.43. The number of hydrogen-bond acceptors (Lipinski definition) is 6. The van der Waals surface area contributed by atoms with Gasteiger partial charge in [0.1, 0.15) is 18.0 Å². The molecule has 3 atom stereocenters. The van der Waals surface area contributed by atoms with E-state index in [2.05, 4.69) is 25.8 Å². The highest BCUT2D eigenvalue weighted by Crippen LogP contribution is 2.44. The molecule has 4 heterocycles. The molecule has 7 nitrogen and oxygen atoms in total. The Balaban J connectivity index is 1.20. The van der Waals surface area contributed by atoms with Gasteiger partial charge in [-0.2, -0.15) is 10.1 Å². The lowest BCUT2D eigenvalue weighted by Crippen LogP contribution is -2.43. The Bertz CT molecular complexity index is 1120.